The monoisotopic (exact) mass is 448 g/mol. The second kappa shape index (κ2) is 10.4. The van der Waals surface area contributed by atoms with Crippen LogP contribution < -0.4 is 5.32 Å². The van der Waals surface area contributed by atoms with Crippen molar-refractivity contribution >= 4 is 23.2 Å². The first kappa shape index (κ1) is 22.8. The molecule has 0 spiro atoms. The standard InChI is InChI=1S/C21H16N6O6/c22-12-15-10-16(14-4-7-23-8-5-14)13-25-20(15)24-6-1-9-33-21(28)18-3-2-17(26(29)30)11-19(18)27(31)32/h2-5,7-8,10-11,13H,1,6,9H2,(H,24,25). The van der Waals surface area contributed by atoms with Crippen LogP contribution in [0.1, 0.15) is 22.3 Å². The number of nitriles is 1. The van der Waals surface area contributed by atoms with Gasteiger partial charge in [-0.05, 0) is 36.2 Å². The van der Waals surface area contributed by atoms with Gasteiger partial charge in [-0.3, -0.25) is 25.2 Å². The minimum Gasteiger partial charge on any atom is -0.462 e. The van der Waals surface area contributed by atoms with Gasteiger partial charge in [0.2, 0.25) is 0 Å². The van der Waals surface area contributed by atoms with Crippen molar-refractivity contribution in [2.24, 2.45) is 0 Å². The molecule has 1 N–H and O–H groups in total. The molecule has 0 unspecified atom stereocenters. The summed E-state index contributed by atoms with van der Waals surface area (Å²) in [6, 6.07) is 10.1. The van der Waals surface area contributed by atoms with Crippen LogP contribution in [-0.4, -0.2) is 38.9 Å². The van der Waals surface area contributed by atoms with Crippen molar-refractivity contribution in [2.75, 3.05) is 18.5 Å². The van der Waals surface area contributed by atoms with Crippen molar-refractivity contribution in [3.8, 4) is 17.2 Å². The molecule has 0 saturated heterocycles. The van der Waals surface area contributed by atoms with Crippen LogP contribution in [0.4, 0.5) is 17.2 Å². The van der Waals surface area contributed by atoms with Gasteiger partial charge in [-0.25, -0.2) is 9.78 Å². The van der Waals surface area contributed by atoms with E-state index in [4.69, 9.17) is 4.74 Å². The van der Waals surface area contributed by atoms with E-state index in [9.17, 15) is 30.3 Å². The number of pyridine rings is 2. The zero-order valence-electron chi connectivity index (χ0n) is 17.0. The molecular weight excluding hydrogens is 432 g/mol. The Morgan fingerprint density at radius 2 is 1.85 bits per heavy atom. The second-order valence-corrected chi connectivity index (χ2v) is 6.60. The van der Waals surface area contributed by atoms with Crippen molar-refractivity contribution < 1.29 is 19.4 Å². The molecule has 12 heteroatoms. The summed E-state index contributed by atoms with van der Waals surface area (Å²) in [5.41, 5.74) is 0.384. The molecule has 1 aromatic carbocycles. The molecule has 3 aromatic rings. The number of carbonyl (C=O) groups is 1. The molecule has 2 heterocycles. The van der Waals surface area contributed by atoms with Crippen molar-refractivity contribution in [1.82, 2.24) is 9.97 Å². The van der Waals surface area contributed by atoms with E-state index < -0.39 is 27.2 Å². The van der Waals surface area contributed by atoms with E-state index in [0.717, 1.165) is 23.3 Å². The summed E-state index contributed by atoms with van der Waals surface area (Å²) in [5, 5.41) is 34.3. The number of nitrogens with zero attached hydrogens (tertiary/aromatic N) is 5. The van der Waals surface area contributed by atoms with Gasteiger partial charge in [0.05, 0.1) is 28.1 Å². The maximum absolute atomic E-state index is 12.2. The van der Waals surface area contributed by atoms with E-state index in [2.05, 4.69) is 21.4 Å². The van der Waals surface area contributed by atoms with E-state index in [0.29, 0.717) is 30.4 Å². The predicted octanol–water partition coefficient (Wildman–Crippen LogP) is 3.49. The van der Waals surface area contributed by atoms with Gasteiger partial charge in [0.25, 0.3) is 11.4 Å². The number of ether oxygens (including phenoxy) is 1. The van der Waals surface area contributed by atoms with Crippen LogP contribution in [0.2, 0.25) is 0 Å². The molecule has 33 heavy (non-hydrogen) atoms. The number of anilines is 1. The summed E-state index contributed by atoms with van der Waals surface area (Å²) in [6.45, 7) is 0.239. The SMILES string of the molecule is N#Cc1cc(-c2ccncc2)cnc1NCCCOC(=O)c1ccc([N+](=O)[O-])cc1[N+](=O)[O-]. The molecule has 0 aliphatic heterocycles. The zero-order chi connectivity index (χ0) is 23.8. The van der Waals surface area contributed by atoms with Gasteiger partial charge in [-0.1, -0.05) is 0 Å². The smallest absolute Gasteiger partial charge is 0.345 e. The fourth-order valence-electron chi connectivity index (χ4n) is 2.87. The summed E-state index contributed by atoms with van der Waals surface area (Å²) in [6.07, 6.45) is 5.22. The van der Waals surface area contributed by atoms with Crippen LogP contribution >= 0.6 is 0 Å². The first-order valence-corrected chi connectivity index (χ1v) is 9.55. The lowest BCUT2D eigenvalue weighted by atomic mass is 10.1. The van der Waals surface area contributed by atoms with Crippen LogP contribution in [0, 0.1) is 31.6 Å². The first-order chi connectivity index (χ1) is 15.9. The Bertz CT molecular complexity index is 1240. The molecule has 12 nitrogen and oxygen atoms in total. The number of non-ortho nitro benzene ring substituents is 1. The number of nitro groups is 2. The molecule has 0 fully saturated rings. The summed E-state index contributed by atoms with van der Waals surface area (Å²) >= 11 is 0. The first-order valence-electron chi connectivity index (χ1n) is 9.55. The third-order valence-electron chi connectivity index (χ3n) is 4.48. The molecule has 3 rings (SSSR count). The fraction of sp³-hybridized carbons (Fsp3) is 0.143. The van der Waals surface area contributed by atoms with Crippen molar-refractivity contribution in [3.05, 3.63) is 86.3 Å². The van der Waals surface area contributed by atoms with Crippen molar-refractivity contribution in [3.63, 3.8) is 0 Å². The van der Waals surface area contributed by atoms with Gasteiger partial charge in [0.1, 0.15) is 17.5 Å². The summed E-state index contributed by atoms with van der Waals surface area (Å²) in [4.78, 5) is 40.7. The number of rotatable bonds is 9. The van der Waals surface area contributed by atoms with E-state index in [1.165, 1.54) is 0 Å². The molecule has 0 aliphatic rings. The molecular formula is C21H16N6O6. The number of esters is 1. The Hall–Kier alpha value is -4.92. The molecule has 2 aromatic heterocycles. The van der Waals surface area contributed by atoms with Gasteiger partial charge in [-0.15, -0.1) is 0 Å². The molecule has 0 aliphatic carbocycles. The predicted molar refractivity (Wildman–Crippen MR) is 115 cm³/mol. The number of carbonyl (C=O) groups excluding carboxylic acids is 1. The average molecular weight is 448 g/mol. The number of nitro benzene ring substituents is 2. The molecule has 0 bridgehead atoms. The highest BCUT2D eigenvalue weighted by Crippen LogP contribution is 2.25. The van der Waals surface area contributed by atoms with E-state index >= 15 is 0 Å². The topological polar surface area (TPSA) is 174 Å². The maximum Gasteiger partial charge on any atom is 0.345 e. The van der Waals surface area contributed by atoms with Gasteiger partial charge < -0.3 is 10.1 Å². The second-order valence-electron chi connectivity index (χ2n) is 6.60. The Balaban J connectivity index is 1.56. The fourth-order valence-corrected chi connectivity index (χ4v) is 2.87. The molecule has 0 amide bonds. The number of benzene rings is 1. The van der Waals surface area contributed by atoms with E-state index in [1.54, 1.807) is 36.8 Å². The largest absolute Gasteiger partial charge is 0.462 e. The van der Waals surface area contributed by atoms with Crippen LogP contribution in [-0.2, 0) is 4.74 Å². The minimum absolute atomic E-state index is 0.0725. The van der Waals surface area contributed by atoms with Crippen LogP contribution in [0.15, 0.2) is 55.0 Å². The normalized spacial score (nSPS) is 10.2. The third-order valence-corrected chi connectivity index (χ3v) is 4.48. The van der Waals surface area contributed by atoms with Crippen LogP contribution in [0.5, 0.6) is 0 Å². The van der Waals surface area contributed by atoms with Crippen molar-refractivity contribution in [1.29, 1.82) is 5.26 Å². The summed E-state index contributed by atoms with van der Waals surface area (Å²) < 4.78 is 5.05. The minimum atomic E-state index is -0.964. The highest BCUT2D eigenvalue weighted by atomic mass is 16.6. The summed E-state index contributed by atoms with van der Waals surface area (Å²) in [5.74, 6) is -0.596. The molecule has 0 atom stereocenters. The lowest BCUT2D eigenvalue weighted by Crippen LogP contribution is -2.13. The third kappa shape index (κ3) is 5.61. The quantitative estimate of drug-likeness (QED) is 0.221. The van der Waals surface area contributed by atoms with Crippen molar-refractivity contribution in [2.45, 2.75) is 6.42 Å². The number of nitrogens with one attached hydrogen (secondary N) is 1. The van der Waals surface area contributed by atoms with E-state index in [1.807, 2.05) is 0 Å². The van der Waals surface area contributed by atoms with E-state index in [-0.39, 0.29) is 12.2 Å². The average Bonchev–Trinajstić information content (AvgIpc) is 2.83. The highest BCUT2D eigenvalue weighted by Gasteiger charge is 2.25. The van der Waals surface area contributed by atoms with Gasteiger partial charge in [0.15, 0.2) is 0 Å². The Morgan fingerprint density at radius 1 is 1.09 bits per heavy atom. The Kier molecular flexibility index (Phi) is 7.17. The van der Waals surface area contributed by atoms with Gasteiger partial charge >= 0.3 is 5.97 Å². The van der Waals surface area contributed by atoms with Crippen LogP contribution in [0.3, 0.4) is 0 Å². The lowest BCUT2D eigenvalue weighted by molar-refractivity contribution is -0.394. The van der Waals surface area contributed by atoms with Crippen LogP contribution in [0.25, 0.3) is 11.1 Å². The number of hydrogen-bond donors (Lipinski definition) is 1. The van der Waals surface area contributed by atoms with Gasteiger partial charge in [0, 0.05) is 36.8 Å². The molecule has 0 radical (unpaired) electrons. The van der Waals surface area contributed by atoms with Gasteiger partial charge in [-0.2, -0.15) is 5.26 Å². The summed E-state index contributed by atoms with van der Waals surface area (Å²) in [7, 11) is 0. The zero-order valence-corrected chi connectivity index (χ0v) is 17.0. The molecule has 0 saturated carbocycles. The maximum atomic E-state index is 12.2. The highest BCUT2D eigenvalue weighted by molar-refractivity contribution is 5.94. The Morgan fingerprint density at radius 3 is 2.52 bits per heavy atom. The lowest BCUT2D eigenvalue weighted by Gasteiger charge is -2.09. The Labute approximate surface area is 186 Å². The number of aromatic nitrogens is 2. The number of hydrogen-bond acceptors (Lipinski definition) is 10. The molecule has 166 valence electrons.